The van der Waals surface area contributed by atoms with Crippen molar-refractivity contribution in [2.45, 2.75) is 39.5 Å². The van der Waals surface area contributed by atoms with E-state index in [9.17, 15) is 4.79 Å². The molecule has 0 heterocycles. The molecule has 0 saturated heterocycles. The Balaban J connectivity index is 3.17. The minimum absolute atomic E-state index is 0.159. The number of hydrogen-bond donors (Lipinski definition) is 1. The molecule has 0 atom stereocenters. The Bertz CT molecular complexity index is 148. The fourth-order valence-corrected chi connectivity index (χ4v) is 1.35. The predicted molar refractivity (Wildman–Crippen MR) is 60.3 cm³/mol. The van der Waals surface area contributed by atoms with E-state index in [4.69, 9.17) is 0 Å². The maximum Gasteiger partial charge on any atom is 0.219 e. The molecule has 14 heavy (non-hydrogen) atoms. The van der Waals surface area contributed by atoms with E-state index in [0.29, 0.717) is 6.42 Å². The van der Waals surface area contributed by atoms with Gasteiger partial charge in [-0.25, -0.2) is 0 Å². The van der Waals surface area contributed by atoms with Crippen LogP contribution in [0.2, 0.25) is 0 Å². The molecule has 0 aromatic rings. The zero-order valence-electron chi connectivity index (χ0n) is 9.81. The molecule has 0 unspecified atom stereocenters. The summed E-state index contributed by atoms with van der Waals surface area (Å²) in [4.78, 5) is 13.2. The molecule has 84 valence electrons. The first kappa shape index (κ1) is 13.4. The van der Waals surface area contributed by atoms with E-state index in [1.807, 2.05) is 6.92 Å². The highest BCUT2D eigenvalue weighted by molar-refractivity contribution is 5.75. The van der Waals surface area contributed by atoms with Crippen LogP contribution in [0.3, 0.4) is 0 Å². The van der Waals surface area contributed by atoms with Crippen LogP contribution in [0.15, 0.2) is 0 Å². The fraction of sp³-hybridized carbons (Fsp3) is 0.909. The fourth-order valence-electron chi connectivity index (χ4n) is 1.35. The zero-order valence-corrected chi connectivity index (χ0v) is 9.81. The van der Waals surface area contributed by atoms with Crippen molar-refractivity contribution in [3.05, 3.63) is 0 Å². The smallest absolute Gasteiger partial charge is 0.219 e. The average molecular weight is 200 g/mol. The number of nitrogens with one attached hydrogen (secondary N) is 1. The number of hydrogen-bond acceptors (Lipinski definition) is 2. The molecule has 0 rings (SSSR count). The van der Waals surface area contributed by atoms with Gasteiger partial charge in [-0.05, 0) is 39.4 Å². The first-order valence-corrected chi connectivity index (χ1v) is 5.66. The maximum atomic E-state index is 10.9. The lowest BCUT2D eigenvalue weighted by atomic mass is 10.3. The van der Waals surface area contributed by atoms with Crippen molar-refractivity contribution in [1.29, 1.82) is 0 Å². The number of amides is 1. The van der Waals surface area contributed by atoms with Crippen molar-refractivity contribution in [2.24, 2.45) is 0 Å². The molecule has 1 N–H and O–H groups in total. The van der Waals surface area contributed by atoms with Gasteiger partial charge in [-0.1, -0.05) is 13.8 Å². The molecule has 0 aliphatic heterocycles. The quantitative estimate of drug-likeness (QED) is 0.604. The number of nitrogens with zero attached hydrogens (tertiary/aromatic N) is 1. The first-order valence-electron chi connectivity index (χ1n) is 5.66. The number of carbonyl (C=O) groups is 1. The number of rotatable bonds is 8. The van der Waals surface area contributed by atoms with Crippen molar-refractivity contribution in [1.82, 2.24) is 10.2 Å². The largest absolute Gasteiger partial charge is 0.356 e. The van der Waals surface area contributed by atoms with Gasteiger partial charge in [-0.2, -0.15) is 0 Å². The molecule has 3 heteroatoms. The molecular weight excluding hydrogens is 176 g/mol. The van der Waals surface area contributed by atoms with Gasteiger partial charge >= 0.3 is 0 Å². The minimum Gasteiger partial charge on any atom is -0.356 e. The molecule has 0 aromatic carbocycles. The summed E-state index contributed by atoms with van der Waals surface area (Å²) in [6.07, 6.45) is 4.05. The molecule has 0 aliphatic rings. The summed E-state index contributed by atoms with van der Waals surface area (Å²) in [7, 11) is 2.15. The van der Waals surface area contributed by atoms with Crippen LogP contribution in [0.4, 0.5) is 0 Å². The molecule has 0 aliphatic carbocycles. The van der Waals surface area contributed by atoms with Crippen molar-refractivity contribution >= 4 is 5.91 Å². The molecule has 0 bridgehead atoms. The molecule has 0 spiro atoms. The third-order valence-corrected chi connectivity index (χ3v) is 2.22. The molecule has 3 nitrogen and oxygen atoms in total. The van der Waals surface area contributed by atoms with E-state index in [-0.39, 0.29) is 5.91 Å². The molecule has 0 aromatic heterocycles. The highest BCUT2D eigenvalue weighted by Gasteiger charge is 1.97. The van der Waals surface area contributed by atoms with Crippen LogP contribution >= 0.6 is 0 Å². The van der Waals surface area contributed by atoms with Gasteiger partial charge in [0.1, 0.15) is 0 Å². The van der Waals surface area contributed by atoms with Gasteiger partial charge in [0.05, 0.1) is 0 Å². The minimum atomic E-state index is 0.159. The highest BCUT2D eigenvalue weighted by atomic mass is 16.1. The van der Waals surface area contributed by atoms with E-state index in [1.165, 1.54) is 19.4 Å². The lowest BCUT2D eigenvalue weighted by Gasteiger charge is -2.14. The van der Waals surface area contributed by atoms with Crippen LogP contribution in [-0.2, 0) is 4.79 Å². The Hall–Kier alpha value is -0.570. The average Bonchev–Trinajstić information content (AvgIpc) is 2.17. The summed E-state index contributed by atoms with van der Waals surface area (Å²) in [5.41, 5.74) is 0. The lowest BCUT2D eigenvalue weighted by molar-refractivity contribution is -0.120. The highest BCUT2D eigenvalue weighted by Crippen LogP contribution is 1.93. The van der Waals surface area contributed by atoms with Crippen molar-refractivity contribution < 1.29 is 4.79 Å². The van der Waals surface area contributed by atoms with Gasteiger partial charge in [0.2, 0.25) is 5.91 Å². The second kappa shape index (κ2) is 9.00. The van der Waals surface area contributed by atoms with Gasteiger partial charge in [-0.15, -0.1) is 0 Å². The Morgan fingerprint density at radius 1 is 1.21 bits per heavy atom. The number of unbranched alkanes of at least 4 members (excludes halogenated alkanes) is 1. The summed E-state index contributed by atoms with van der Waals surface area (Å²) < 4.78 is 0. The summed E-state index contributed by atoms with van der Waals surface area (Å²) in [6.45, 7) is 7.20. The third-order valence-electron chi connectivity index (χ3n) is 2.22. The molecule has 0 fully saturated rings. The summed E-state index contributed by atoms with van der Waals surface area (Å²) in [6, 6.07) is 0. The van der Waals surface area contributed by atoms with Crippen LogP contribution in [0.1, 0.15) is 39.5 Å². The summed E-state index contributed by atoms with van der Waals surface area (Å²) in [5.74, 6) is 0.159. The molecular formula is C11H24N2O. The lowest BCUT2D eigenvalue weighted by Crippen LogP contribution is -2.25. The van der Waals surface area contributed by atoms with Gasteiger partial charge in [0.15, 0.2) is 0 Å². The van der Waals surface area contributed by atoms with E-state index < -0.39 is 0 Å². The van der Waals surface area contributed by atoms with Crippen LogP contribution < -0.4 is 5.32 Å². The molecule has 0 saturated carbocycles. The monoisotopic (exact) mass is 200 g/mol. The maximum absolute atomic E-state index is 10.9. The third kappa shape index (κ3) is 8.05. The van der Waals surface area contributed by atoms with Gasteiger partial charge in [0, 0.05) is 13.0 Å². The zero-order chi connectivity index (χ0) is 10.8. The van der Waals surface area contributed by atoms with E-state index in [0.717, 1.165) is 19.5 Å². The van der Waals surface area contributed by atoms with Crippen LogP contribution in [0, 0.1) is 0 Å². The van der Waals surface area contributed by atoms with Gasteiger partial charge in [0.25, 0.3) is 0 Å². The summed E-state index contributed by atoms with van der Waals surface area (Å²) >= 11 is 0. The Morgan fingerprint density at radius 3 is 2.50 bits per heavy atom. The Kier molecular flexibility index (Phi) is 8.64. The second-order valence-corrected chi connectivity index (χ2v) is 3.71. The topological polar surface area (TPSA) is 32.3 Å². The summed E-state index contributed by atoms with van der Waals surface area (Å²) in [5, 5.41) is 2.88. The van der Waals surface area contributed by atoms with E-state index in [2.05, 4.69) is 24.2 Å². The Morgan fingerprint density at radius 2 is 1.93 bits per heavy atom. The van der Waals surface area contributed by atoms with Crippen molar-refractivity contribution in [3.63, 3.8) is 0 Å². The van der Waals surface area contributed by atoms with Crippen LogP contribution in [0.5, 0.6) is 0 Å². The molecule has 0 radical (unpaired) electrons. The Labute approximate surface area is 87.9 Å². The van der Waals surface area contributed by atoms with E-state index >= 15 is 0 Å². The number of carbonyl (C=O) groups excluding carboxylic acids is 1. The molecule has 1 amide bonds. The van der Waals surface area contributed by atoms with E-state index in [1.54, 1.807) is 0 Å². The van der Waals surface area contributed by atoms with Crippen LogP contribution in [-0.4, -0.2) is 37.5 Å². The SMILES string of the molecule is CCCN(C)CCCCNC(=O)CC. The predicted octanol–water partition coefficient (Wildman–Crippen LogP) is 1.63. The standard InChI is InChI=1S/C11H24N2O/c1-4-9-13(3)10-7-6-8-12-11(14)5-2/h4-10H2,1-3H3,(H,12,14). The normalized spacial score (nSPS) is 10.6. The van der Waals surface area contributed by atoms with Crippen molar-refractivity contribution in [2.75, 3.05) is 26.7 Å². The first-order chi connectivity index (χ1) is 6.70. The van der Waals surface area contributed by atoms with Crippen LogP contribution in [0.25, 0.3) is 0 Å². The van der Waals surface area contributed by atoms with Gasteiger partial charge in [-0.3, -0.25) is 4.79 Å². The van der Waals surface area contributed by atoms with Gasteiger partial charge < -0.3 is 10.2 Å². The van der Waals surface area contributed by atoms with Crippen molar-refractivity contribution in [3.8, 4) is 0 Å². The second-order valence-electron chi connectivity index (χ2n) is 3.71.